The number of benzene rings is 2. The number of amides is 1. The first-order valence-corrected chi connectivity index (χ1v) is 9.66. The summed E-state index contributed by atoms with van der Waals surface area (Å²) in [6.07, 6.45) is 1.62. The van der Waals surface area contributed by atoms with Gasteiger partial charge in [0.05, 0.1) is 7.11 Å². The summed E-state index contributed by atoms with van der Waals surface area (Å²) in [7, 11) is 3.03. The maximum Gasteiger partial charge on any atom is 0.253 e. The molecule has 0 aliphatic carbocycles. The molecule has 0 aromatic heterocycles. The van der Waals surface area contributed by atoms with Crippen LogP contribution in [0.2, 0.25) is 0 Å². The number of hydrogen-bond acceptors (Lipinski definition) is 5. The van der Waals surface area contributed by atoms with E-state index in [1.54, 1.807) is 23.1 Å². The molecule has 1 aliphatic heterocycles. The van der Waals surface area contributed by atoms with Crippen LogP contribution in [-0.4, -0.2) is 55.9 Å². The molecule has 0 spiro atoms. The summed E-state index contributed by atoms with van der Waals surface area (Å²) in [5.74, 6) is 0.138. The van der Waals surface area contributed by atoms with Crippen molar-refractivity contribution < 1.29 is 23.8 Å². The van der Waals surface area contributed by atoms with Crippen LogP contribution in [0.5, 0.6) is 11.5 Å². The maximum atomic E-state index is 13.3. The molecule has 1 fully saturated rings. The second-order valence-electron chi connectivity index (χ2n) is 7.19. The Kier molecular flexibility index (Phi) is 7.06. The fourth-order valence-electron chi connectivity index (χ4n) is 3.77. The standard InChI is InChI=1S/C22H27FN2O4/c1-28-15-22(27)25(18-6-4-17(23)5-7-18)19-9-11-24(12-10-19)14-16-3-8-20(26)21(13-16)29-2/h3-8,13,19,26H,9-12,14-15H2,1-2H3. The van der Waals surface area contributed by atoms with E-state index in [1.807, 2.05) is 12.1 Å². The zero-order chi connectivity index (χ0) is 20.8. The number of piperidine rings is 1. The molecule has 2 aromatic rings. The second kappa shape index (κ2) is 9.71. The highest BCUT2D eigenvalue weighted by Gasteiger charge is 2.29. The van der Waals surface area contributed by atoms with Gasteiger partial charge >= 0.3 is 0 Å². The SMILES string of the molecule is COCC(=O)N(c1ccc(F)cc1)C1CCN(Cc2ccc(O)c(OC)c2)CC1. The first-order valence-electron chi connectivity index (χ1n) is 9.66. The van der Waals surface area contributed by atoms with Crippen LogP contribution in [0.15, 0.2) is 42.5 Å². The van der Waals surface area contributed by atoms with Gasteiger partial charge in [0.15, 0.2) is 11.5 Å². The van der Waals surface area contributed by atoms with Gasteiger partial charge in [-0.3, -0.25) is 9.69 Å². The smallest absolute Gasteiger partial charge is 0.253 e. The summed E-state index contributed by atoms with van der Waals surface area (Å²) in [6.45, 7) is 2.38. The fourth-order valence-corrected chi connectivity index (χ4v) is 3.77. The molecule has 0 unspecified atom stereocenters. The van der Waals surface area contributed by atoms with Gasteiger partial charge in [0.1, 0.15) is 12.4 Å². The van der Waals surface area contributed by atoms with E-state index < -0.39 is 0 Å². The molecule has 0 bridgehead atoms. The number of likely N-dealkylation sites (tertiary alicyclic amines) is 1. The van der Waals surface area contributed by atoms with Crippen molar-refractivity contribution in [1.29, 1.82) is 0 Å². The summed E-state index contributed by atoms with van der Waals surface area (Å²) >= 11 is 0. The molecule has 1 N–H and O–H groups in total. The lowest BCUT2D eigenvalue weighted by molar-refractivity contribution is -0.122. The zero-order valence-corrected chi connectivity index (χ0v) is 16.8. The highest BCUT2D eigenvalue weighted by Crippen LogP contribution is 2.28. The number of phenols is 1. The van der Waals surface area contributed by atoms with Crippen molar-refractivity contribution in [3.63, 3.8) is 0 Å². The number of carbonyl (C=O) groups excluding carboxylic acids is 1. The summed E-state index contributed by atoms with van der Waals surface area (Å²) in [5.41, 5.74) is 1.75. The van der Waals surface area contributed by atoms with Gasteiger partial charge in [-0.2, -0.15) is 0 Å². The molecule has 1 amide bonds. The lowest BCUT2D eigenvalue weighted by Crippen LogP contribution is -2.48. The lowest BCUT2D eigenvalue weighted by Gasteiger charge is -2.38. The number of methoxy groups -OCH3 is 2. The Hall–Kier alpha value is -2.64. The number of ether oxygens (including phenoxy) is 2. The summed E-state index contributed by atoms with van der Waals surface area (Å²) in [4.78, 5) is 16.7. The highest BCUT2D eigenvalue weighted by atomic mass is 19.1. The van der Waals surface area contributed by atoms with Gasteiger partial charge in [0.25, 0.3) is 5.91 Å². The molecule has 0 radical (unpaired) electrons. The average Bonchev–Trinajstić information content (AvgIpc) is 2.72. The molecule has 0 atom stereocenters. The summed E-state index contributed by atoms with van der Waals surface area (Å²) < 4.78 is 23.5. The minimum Gasteiger partial charge on any atom is -0.504 e. The molecule has 7 heteroatoms. The third kappa shape index (κ3) is 5.25. The number of hydrogen-bond donors (Lipinski definition) is 1. The van der Waals surface area contributed by atoms with Crippen LogP contribution in [0.1, 0.15) is 18.4 Å². The molecule has 0 saturated carbocycles. The van der Waals surface area contributed by atoms with E-state index in [1.165, 1.54) is 26.4 Å². The average molecular weight is 402 g/mol. The molecule has 2 aromatic carbocycles. The number of carbonyl (C=O) groups is 1. The third-order valence-corrected chi connectivity index (χ3v) is 5.21. The number of aromatic hydroxyl groups is 1. The van der Waals surface area contributed by atoms with E-state index in [4.69, 9.17) is 9.47 Å². The minimum atomic E-state index is -0.327. The van der Waals surface area contributed by atoms with Gasteiger partial charge in [-0.05, 0) is 54.8 Å². The molecular weight excluding hydrogens is 375 g/mol. The van der Waals surface area contributed by atoms with Crippen molar-refractivity contribution in [3.8, 4) is 11.5 Å². The van der Waals surface area contributed by atoms with Crippen LogP contribution in [-0.2, 0) is 16.1 Å². The first kappa shape index (κ1) is 21.1. The van der Waals surface area contributed by atoms with E-state index in [0.29, 0.717) is 11.4 Å². The van der Waals surface area contributed by atoms with Crippen molar-refractivity contribution in [2.75, 3.05) is 38.8 Å². The number of phenolic OH excluding ortho intramolecular Hbond substituents is 1. The maximum absolute atomic E-state index is 13.3. The molecule has 1 heterocycles. The van der Waals surface area contributed by atoms with Crippen molar-refractivity contribution in [1.82, 2.24) is 4.90 Å². The summed E-state index contributed by atoms with van der Waals surface area (Å²) in [6, 6.07) is 11.4. The lowest BCUT2D eigenvalue weighted by atomic mass is 10.0. The molecule has 29 heavy (non-hydrogen) atoms. The molecular formula is C22H27FN2O4. The van der Waals surface area contributed by atoms with E-state index in [9.17, 15) is 14.3 Å². The number of nitrogens with zero attached hydrogens (tertiary/aromatic N) is 2. The van der Waals surface area contributed by atoms with Crippen LogP contribution < -0.4 is 9.64 Å². The number of rotatable bonds is 7. The van der Waals surface area contributed by atoms with Crippen molar-refractivity contribution in [3.05, 3.63) is 53.8 Å². The van der Waals surface area contributed by atoms with Gasteiger partial charge in [-0.1, -0.05) is 6.07 Å². The Labute approximate surface area is 170 Å². The van der Waals surface area contributed by atoms with Gasteiger partial charge in [0.2, 0.25) is 0 Å². The van der Waals surface area contributed by atoms with E-state index >= 15 is 0 Å². The van der Waals surface area contributed by atoms with Gasteiger partial charge in [0, 0.05) is 38.5 Å². The van der Waals surface area contributed by atoms with Crippen molar-refractivity contribution in [2.24, 2.45) is 0 Å². The molecule has 1 aliphatic rings. The van der Waals surface area contributed by atoms with Crippen LogP contribution in [0, 0.1) is 5.82 Å². The van der Waals surface area contributed by atoms with E-state index in [0.717, 1.165) is 38.0 Å². The Balaban J connectivity index is 1.66. The van der Waals surface area contributed by atoms with E-state index in [2.05, 4.69) is 4.90 Å². The predicted molar refractivity (Wildman–Crippen MR) is 109 cm³/mol. The Morgan fingerprint density at radius 3 is 2.48 bits per heavy atom. The Morgan fingerprint density at radius 1 is 1.17 bits per heavy atom. The van der Waals surface area contributed by atoms with Crippen molar-refractivity contribution in [2.45, 2.75) is 25.4 Å². The third-order valence-electron chi connectivity index (χ3n) is 5.21. The normalized spacial score (nSPS) is 15.3. The number of anilines is 1. The van der Waals surface area contributed by atoms with Gasteiger partial charge in [-0.25, -0.2) is 4.39 Å². The van der Waals surface area contributed by atoms with Crippen LogP contribution in [0.25, 0.3) is 0 Å². The minimum absolute atomic E-state index is 0.00903. The van der Waals surface area contributed by atoms with Gasteiger partial charge < -0.3 is 19.5 Å². The van der Waals surface area contributed by atoms with Gasteiger partial charge in [-0.15, -0.1) is 0 Å². The highest BCUT2D eigenvalue weighted by molar-refractivity contribution is 5.94. The fraction of sp³-hybridized carbons (Fsp3) is 0.409. The molecule has 3 rings (SSSR count). The topological polar surface area (TPSA) is 62.2 Å². The van der Waals surface area contributed by atoms with Crippen LogP contribution in [0.4, 0.5) is 10.1 Å². The number of halogens is 1. The second-order valence-corrected chi connectivity index (χ2v) is 7.19. The Morgan fingerprint density at radius 2 is 1.86 bits per heavy atom. The van der Waals surface area contributed by atoms with E-state index in [-0.39, 0.29) is 30.1 Å². The largest absolute Gasteiger partial charge is 0.504 e. The quantitative estimate of drug-likeness (QED) is 0.771. The van der Waals surface area contributed by atoms with Crippen LogP contribution in [0.3, 0.4) is 0 Å². The van der Waals surface area contributed by atoms with Crippen LogP contribution >= 0.6 is 0 Å². The predicted octanol–water partition coefficient (Wildman–Crippen LogP) is 3.18. The molecule has 1 saturated heterocycles. The molecule has 156 valence electrons. The summed E-state index contributed by atoms with van der Waals surface area (Å²) in [5, 5.41) is 9.75. The molecule has 6 nitrogen and oxygen atoms in total. The van der Waals surface area contributed by atoms with Crippen molar-refractivity contribution >= 4 is 11.6 Å². The monoisotopic (exact) mass is 402 g/mol. The Bertz CT molecular complexity index is 820. The first-order chi connectivity index (χ1) is 14.0. The zero-order valence-electron chi connectivity index (χ0n) is 16.8.